The first-order valence-electron chi connectivity index (χ1n) is 15.7. The van der Waals surface area contributed by atoms with E-state index in [-0.39, 0.29) is 5.91 Å². The van der Waals surface area contributed by atoms with Crippen molar-refractivity contribution in [2.24, 2.45) is 0 Å². The molecule has 49 heavy (non-hydrogen) atoms. The van der Waals surface area contributed by atoms with Gasteiger partial charge < -0.3 is 24.8 Å². The minimum absolute atomic E-state index is 0.313. The zero-order valence-electron chi connectivity index (χ0n) is 27.2. The van der Waals surface area contributed by atoms with E-state index in [4.69, 9.17) is 35.9 Å². The molecular weight excluding hydrogens is 726 g/mol. The van der Waals surface area contributed by atoms with Crippen molar-refractivity contribution < 1.29 is 19.0 Å². The molecule has 1 unspecified atom stereocenters. The van der Waals surface area contributed by atoms with E-state index in [2.05, 4.69) is 38.7 Å². The monoisotopic (exact) mass is 759 g/mol. The largest absolute Gasteiger partial charge is 0.493 e. The lowest BCUT2D eigenvalue weighted by molar-refractivity contribution is -0.113. The van der Waals surface area contributed by atoms with Crippen molar-refractivity contribution in [2.75, 3.05) is 31.0 Å². The van der Waals surface area contributed by atoms with E-state index in [1.165, 1.54) is 17.3 Å². The maximum absolute atomic E-state index is 14.3. The predicted octanol–water partition coefficient (Wildman–Crippen LogP) is 8.94. The van der Waals surface area contributed by atoms with E-state index in [1.54, 1.807) is 11.8 Å². The van der Waals surface area contributed by atoms with E-state index >= 15 is 0 Å². The number of hydrogen-bond acceptors (Lipinski definition) is 8. The van der Waals surface area contributed by atoms with Crippen LogP contribution in [0.5, 0.6) is 17.2 Å². The second kappa shape index (κ2) is 15.8. The number of hydrogen-bond donors (Lipinski definition) is 2. The highest BCUT2D eigenvalue weighted by atomic mass is 79.9. The fourth-order valence-electron chi connectivity index (χ4n) is 5.55. The quantitative estimate of drug-likeness (QED) is 0.115. The van der Waals surface area contributed by atoms with Gasteiger partial charge in [0.25, 0.3) is 5.91 Å². The molecule has 5 aromatic rings. The molecule has 4 aromatic carbocycles. The summed E-state index contributed by atoms with van der Waals surface area (Å²) in [5.41, 5.74) is 4.56. The minimum Gasteiger partial charge on any atom is -0.493 e. The molecule has 0 saturated heterocycles. The fraction of sp³-hybridized carbons (Fsp3) is 0.216. The molecule has 1 atom stereocenters. The molecule has 6 rings (SSSR count). The number of methoxy groups -OCH3 is 1. The molecule has 0 spiro atoms. The zero-order chi connectivity index (χ0) is 34.3. The van der Waals surface area contributed by atoms with Crippen LogP contribution in [-0.2, 0) is 17.0 Å². The summed E-state index contributed by atoms with van der Waals surface area (Å²) >= 11 is 11.6. The van der Waals surface area contributed by atoms with Gasteiger partial charge in [-0.2, -0.15) is 4.98 Å². The highest BCUT2D eigenvalue weighted by Gasteiger charge is 2.36. The summed E-state index contributed by atoms with van der Waals surface area (Å²) in [5, 5.41) is 12.5. The average Bonchev–Trinajstić information content (AvgIpc) is 3.51. The van der Waals surface area contributed by atoms with Crippen LogP contribution in [0.2, 0.25) is 5.02 Å². The van der Waals surface area contributed by atoms with Gasteiger partial charge in [0, 0.05) is 22.9 Å². The van der Waals surface area contributed by atoms with Crippen molar-refractivity contribution >= 4 is 56.8 Å². The number of allylic oxidation sites excluding steroid dienone is 1. The SMILES string of the molecule is CCOc1ccccc1NC(=O)C1=C(C)Nc2nc(SCc3ccccc3Cl)nn2C1c1cc(Br)c(OCCc2ccccc2)c(OC)c1. The summed E-state index contributed by atoms with van der Waals surface area (Å²) in [6.07, 6.45) is 0.735. The topological polar surface area (TPSA) is 99.5 Å². The number of thioether (sulfide) groups is 1. The molecule has 2 N–H and O–H groups in total. The highest BCUT2D eigenvalue weighted by molar-refractivity contribution is 9.10. The Morgan fingerprint density at radius 2 is 1.78 bits per heavy atom. The van der Waals surface area contributed by atoms with Gasteiger partial charge in [-0.05, 0) is 76.8 Å². The number of para-hydroxylation sites is 2. The van der Waals surface area contributed by atoms with Gasteiger partial charge in [0.15, 0.2) is 11.5 Å². The van der Waals surface area contributed by atoms with Gasteiger partial charge in [0.05, 0.1) is 36.1 Å². The number of aromatic nitrogens is 3. The molecule has 1 aromatic heterocycles. The number of benzene rings is 4. The summed E-state index contributed by atoms with van der Waals surface area (Å²) in [6, 6.07) is 28.4. The van der Waals surface area contributed by atoms with Gasteiger partial charge in [0.2, 0.25) is 11.1 Å². The van der Waals surface area contributed by atoms with E-state index in [0.29, 0.717) is 73.8 Å². The summed E-state index contributed by atoms with van der Waals surface area (Å²) in [5.74, 6) is 2.45. The zero-order valence-corrected chi connectivity index (χ0v) is 30.4. The predicted molar refractivity (Wildman–Crippen MR) is 198 cm³/mol. The van der Waals surface area contributed by atoms with Gasteiger partial charge >= 0.3 is 0 Å². The standard InChI is InChI=1S/C37H35BrClN5O4S/c1-4-47-30-17-11-10-16-29(30)41-35(45)32-23(2)40-36-42-37(49-22-25-14-8-9-15-28(25)39)43-44(36)33(32)26-20-27(38)34(31(21-26)46-3)48-19-18-24-12-6-5-7-13-24/h5-17,20-21,33H,4,18-19,22H2,1-3H3,(H,41,45)(H,40,42,43). The van der Waals surface area contributed by atoms with Crippen molar-refractivity contribution in [1.82, 2.24) is 14.8 Å². The molecule has 9 nitrogen and oxygen atoms in total. The number of amides is 1. The first kappa shape index (κ1) is 34.4. The van der Waals surface area contributed by atoms with E-state index in [0.717, 1.165) is 17.5 Å². The fourth-order valence-corrected chi connectivity index (χ4v) is 7.24. The van der Waals surface area contributed by atoms with Crippen LogP contribution in [0.4, 0.5) is 11.6 Å². The first-order chi connectivity index (χ1) is 23.9. The lowest BCUT2D eigenvalue weighted by Gasteiger charge is -2.29. The molecule has 252 valence electrons. The van der Waals surface area contributed by atoms with Gasteiger partial charge in [-0.15, -0.1) is 5.10 Å². The Morgan fingerprint density at radius 3 is 2.55 bits per heavy atom. The van der Waals surface area contributed by atoms with Gasteiger partial charge in [0.1, 0.15) is 11.8 Å². The van der Waals surface area contributed by atoms with Gasteiger partial charge in [-0.25, -0.2) is 4.68 Å². The molecule has 2 heterocycles. The number of fused-ring (bicyclic) bond motifs is 1. The molecule has 0 fully saturated rings. The molecule has 0 aliphatic carbocycles. The molecule has 0 bridgehead atoms. The van der Waals surface area contributed by atoms with Crippen molar-refractivity contribution in [1.29, 1.82) is 0 Å². The minimum atomic E-state index is -0.666. The Bertz CT molecular complexity index is 1990. The Balaban J connectivity index is 1.36. The van der Waals surface area contributed by atoms with Crippen molar-refractivity contribution in [3.8, 4) is 17.2 Å². The molecule has 1 aliphatic rings. The third-order valence-electron chi connectivity index (χ3n) is 7.87. The van der Waals surface area contributed by atoms with Crippen LogP contribution < -0.4 is 24.8 Å². The molecular formula is C37H35BrClN5O4S. The van der Waals surface area contributed by atoms with Crippen LogP contribution in [0, 0.1) is 0 Å². The van der Waals surface area contributed by atoms with Crippen molar-refractivity contribution in [3.05, 3.63) is 128 Å². The Hall–Kier alpha value is -4.45. The molecule has 0 saturated carbocycles. The molecule has 12 heteroatoms. The highest BCUT2D eigenvalue weighted by Crippen LogP contribution is 2.44. The normalized spacial score (nSPS) is 13.8. The van der Waals surface area contributed by atoms with Crippen molar-refractivity contribution in [3.63, 3.8) is 0 Å². The average molecular weight is 761 g/mol. The van der Waals surface area contributed by atoms with Crippen LogP contribution in [0.1, 0.15) is 36.6 Å². The number of carbonyl (C=O) groups excluding carboxylic acids is 1. The number of halogens is 2. The lowest BCUT2D eigenvalue weighted by Crippen LogP contribution is -2.31. The summed E-state index contributed by atoms with van der Waals surface area (Å²) < 4.78 is 20.3. The second-order valence-corrected chi connectivity index (χ2v) is 13.3. The second-order valence-electron chi connectivity index (χ2n) is 11.1. The van der Waals surface area contributed by atoms with E-state index < -0.39 is 6.04 Å². The van der Waals surface area contributed by atoms with Gasteiger partial charge in [-0.1, -0.05) is 84.0 Å². The van der Waals surface area contributed by atoms with Crippen LogP contribution >= 0.6 is 39.3 Å². The number of nitrogens with one attached hydrogen (secondary N) is 2. The van der Waals surface area contributed by atoms with Crippen LogP contribution in [0.3, 0.4) is 0 Å². The first-order valence-corrected chi connectivity index (χ1v) is 17.9. The Kier molecular flexibility index (Phi) is 11.1. The number of rotatable bonds is 13. The smallest absolute Gasteiger partial charge is 0.255 e. The van der Waals surface area contributed by atoms with E-state index in [1.807, 2.05) is 92.7 Å². The number of carbonyl (C=O) groups is 1. The molecule has 0 radical (unpaired) electrons. The Labute approximate surface area is 303 Å². The number of nitrogens with zero attached hydrogens (tertiary/aromatic N) is 3. The van der Waals surface area contributed by atoms with Crippen LogP contribution in [0.25, 0.3) is 0 Å². The molecule has 1 amide bonds. The summed E-state index contributed by atoms with van der Waals surface area (Å²) in [6.45, 7) is 4.68. The van der Waals surface area contributed by atoms with E-state index in [9.17, 15) is 4.79 Å². The summed E-state index contributed by atoms with van der Waals surface area (Å²) in [4.78, 5) is 19.0. The third kappa shape index (κ3) is 7.90. The van der Waals surface area contributed by atoms with Crippen LogP contribution in [0.15, 0.2) is 112 Å². The maximum Gasteiger partial charge on any atom is 0.255 e. The Morgan fingerprint density at radius 1 is 1.02 bits per heavy atom. The van der Waals surface area contributed by atoms with Crippen LogP contribution in [-0.4, -0.2) is 41.0 Å². The molecule has 1 aliphatic heterocycles. The number of anilines is 2. The summed E-state index contributed by atoms with van der Waals surface area (Å²) in [7, 11) is 1.60. The van der Waals surface area contributed by atoms with Crippen molar-refractivity contribution in [2.45, 2.75) is 37.2 Å². The number of ether oxygens (including phenoxy) is 3. The maximum atomic E-state index is 14.3. The third-order valence-corrected chi connectivity index (χ3v) is 9.72. The lowest BCUT2D eigenvalue weighted by atomic mass is 9.94. The van der Waals surface area contributed by atoms with Gasteiger partial charge in [-0.3, -0.25) is 4.79 Å².